The number of hydrogen-bond donors (Lipinski definition) is 1. The molecule has 14 heavy (non-hydrogen) atoms. The van der Waals surface area contributed by atoms with Crippen molar-refractivity contribution in [3.8, 4) is 0 Å². The standard InChI is InChI=1S/C7H7ClN6/c1-14-3-5(2-11-14)12-7-10-4-9-6(8)13-7/h2-4H,1H3,(H,9,10,12,13). The van der Waals surface area contributed by atoms with Crippen LogP contribution in [-0.2, 0) is 7.05 Å². The van der Waals surface area contributed by atoms with Crippen LogP contribution >= 0.6 is 11.6 Å². The minimum atomic E-state index is 0.159. The van der Waals surface area contributed by atoms with Crippen LogP contribution in [0.4, 0.5) is 11.6 Å². The van der Waals surface area contributed by atoms with Crippen molar-refractivity contribution < 1.29 is 0 Å². The zero-order valence-corrected chi connectivity index (χ0v) is 8.10. The van der Waals surface area contributed by atoms with E-state index in [1.165, 1.54) is 6.33 Å². The lowest BCUT2D eigenvalue weighted by Gasteiger charge is -1.99. The molecule has 7 heteroatoms. The highest BCUT2D eigenvalue weighted by Crippen LogP contribution is 2.10. The van der Waals surface area contributed by atoms with Crippen LogP contribution in [0.5, 0.6) is 0 Å². The van der Waals surface area contributed by atoms with Crippen LogP contribution in [0.3, 0.4) is 0 Å². The summed E-state index contributed by atoms with van der Waals surface area (Å²) in [6.07, 6.45) is 4.81. The van der Waals surface area contributed by atoms with Gasteiger partial charge in [-0.3, -0.25) is 4.68 Å². The summed E-state index contributed by atoms with van der Waals surface area (Å²) in [6.45, 7) is 0. The fourth-order valence-electron chi connectivity index (χ4n) is 0.951. The highest BCUT2D eigenvalue weighted by Gasteiger charge is 2.00. The van der Waals surface area contributed by atoms with Gasteiger partial charge in [-0.05, 0) is 11.6 Å². The van der Waals surface area contributed by atoms with Gasteiger partial charge in [0.25, 0.3) is 0 Å². The monoisotopic (exact) mass is 210 g/mol. The van der Waals surface area contributed by atoms with E-state index in [-0.39, 0.29) is 5.28 Å². The fourth-order valence-corrected chi connectivity index (χ4v) is 1.08. The second kappa shape index (κ2) is 3.59. The molecule has 0 fully saturated rings. The number of nitrogens with zero attached hydrogens (tertiary/aromatic N) is 5. The SMILES string of the molecule is Cn1cc(Nc2ncnc(Cl)n2)cn1. The van der Waals surface area contributed by atoms with Crippen LogP contribution in [0.1, 0.15) is 0 Å². The van der Waals surface area contributed by atoms with E-state index in [0.717, 1.165) is 5.69 Å². The number of hydrogen-bond acceptors (Lipinski definition) is 5. The fraction of sp³-hybridized carbons (Fsp3) is 0.143. The third-order valence-corrected chi connectivity index (χ3v) is 1.69. The van der Waals surface area contributed by atoms with Crippen molar-refractivity contribution >= 4 is 23.2 Å². The van der Waals surface area contributed by atoms with Gasteiger partial charge in [-0.15, -0.1) is 0 Å². The predicted octanol–water partition coefficient (Wildman–Crippen LogP) is 1.00. The van der Waals surface area contributed by atoms with Gasteiger partial charge in [0.05, 0.1) is 11.9 Å². The molecule has 2 aromatic rings. The van der Waals surface area contributed by atoms with E-state index in [1.807, 2.05) is 7.05 Å². The number of halogens is 1. The Labute approximate surface area is 85.0 Å². The Hall–Kier alpha value is -1.69. The lowest BCUT2D eigenvalue weighted by atomic mass is 10.6. The maximum absolute atomic E-state index is 5.59. The Bertz CT molecular complexity index is 439. The van der Waals surface area contributed by atoms with Crippen LogP contribution in [-0.4, -0.2) is 24.7 Å². The zero-order valence-electron chi connectivity index (χ0n) is 7.35. The molecule has 0 aliphatic rings. The highest BCUT2D eigenvalue weighted by atomic mass is 35.5. The first kappa shape index (κ1) is 8.89. The van der Waals surface area contributed by atoms with Gasteiger partial charge in [0.1, 0.15) is 6.33 Å². The summed E-state index contributed by atoms with van der Waals surface area (Å²) in [5, 5.41) is 7.08. The summed E-state index contributed by atoms with van der Waals surface area (Å²) in [5.41, 5.74) is 0.801. The van der Waals surface area contributed by atoms with Gasteiger partial charge in [0.2, 0.25) is 11.2 Å². The third kappa shape index (κ3) is 1.97. The molecule has 0 bridgehead atoms. The van der Waals surface area contributed by atoms with Gasteiger partial charge in [0.15, 0.2) is 0 Å². The Balaban J connectivity index is 2.18. The molecule has 0 saturated carbocycles. The average molecular weight is 211 g/mol. The van der Waals surface area contributed by atoms with Crippen molar-refractivity contribution in [2.75, 3.05) is 5.32 Å². The average Bonchev–Trinajstić information content (AvgIpc) is 2.51. The predicted molar refractivity (Wildman–Crippen MR) is 51.3 cm³/mol. The Morgan fingerprint density at radius 2 is 2.29 bits per heavy atom. The van der Waals surface area contributed by atoms with E-state index in [1.54, 1.807) is 17.1 Å². The molecule has 1 N–H and O–H groups in total. The topological polar surface area (TPSA) is 68.5 Å². The third-order valence-electron chi connectivity index (χ3n) is 1.50. The van der Waals surface area contributed by atoms with Crippen LogP contribution in [0, 0.1) is 0 Å². The maximum Gasteiger partial charge on any atom is 0.231 e. The van der Waals surface area contributed by atoms with Gasteiger partial charge >= 0.3 is 0 Å². The lowest BCUT2D eigenvalue weighted by Crippen LogP contribution is -1.96. The molecule has 0 amide bonds. The van der Waals surface area contributed by atoms with Crippen LogP contribution in [0.2, 0.25) is 5.28 Å². The van der Waals surface area contributed by atoms with Crippen molar-refractivity contribution in [2.24, 2.45) is 7.05 Å². The Kier molecular flexibility index (Phi) is 2.28. The summed E-state index contributed by atoms with van der Waals surface area (Å²) in [5.74, 6) is 0.401. The Morgan fingerprint density at radius 3 is 2.93 bits per heavy atom. The molecule has 0 atom stereocenters. The molecular formula is C7H7ClN6. The summed E-state index contributed by atoms with van der Waals surface area (Å²) in [4.78, 5) is 11.4. The van der Waals surface area contributed by atoms with E-state index >= 15 is 0 Å². The first-order valence-corrected chi connectivity index (χ1v) is 4.22. The van der Waals surface area contributed by atoms with Crippen LogP contribution in [0.25, 0.3) is 0 Å². The first-order valence-electron chi connectivity index (χ1n) is 3.84. The highest BCUT2D eigenvalue weighted by molar-refractivity contribution is 6.28. The molecule has 0 aliphatic carbocycles. The molecule has 0 aromatic carbocycles. The van der Waals surface area contributed by atoms with Crippen molar-refractivity contribution in [1.29, 1.82) is 0 Å². The Morgan fingerprint density at radius 1 is 1.43 bits per heavy atom. The summed E-state index contributed by atoms with van der Waals surface area (Å²) in [7, 11) is 1.82. The minimum absolute atomic E-state index is 0.159. The molecule has 2 rings (SSSR count). The second-order valence-electron chi connectivity index (χ2n) is 2.61. The molecule has 2 heterocycles. The quantitative estimate of drug-likeness (QED) is 0.801. The largest absolute Gasteiger partial charge is 0.321 e. The number of nitrogens with one attached hydrogen (secondary N) is 1. The maximum atomic E-state index is 5.59. The van der Waals surface area contributed by atoms with Gasteiger partial charge in [-0.25, -0.2) is 9.97 Å². The van der Waals surface area contributed by atoms with Crippen molar-refractivity contribution in [3.63, 3.8) is 0 Å². The number of aryl methyl sites for hydroxylation is 1. The number of anilines is 2. The molecule has 2 aromatic heterocycles. The minimum Gasteiger partial charge on any atom is -0.321 e. The lowest BCUT2D eigenvalue weighted by molar-refractivity contribution is 0.768. The molecular weight excluding hydrogens is 204 g/mol. The smallest absolute Gasteiger partial charge is 0.231 e. The molecule has 0 saturated heterocycles. The molecule has 72 valence electrons. The number of rotatable bonds is 2. The van der Waals surface area contributed by atoms with Crippen molar-refractivity contribution in [2.45, 2.75) is 0 Å². The molecule has 0 aliphatic heterocycles. The summed E-state index contributed by atoms with van der Waals surface area (Å²) in [6, 6.07) is 0. The van der Waals surface area contributed by atoms with Crippen LogP contribution in [0.15, 0.2) is 18.7 Å². The number of aromatic nitrogens is 5. The molecule has 0 radical (unpaired) electrons. The molecule has 0 unspecified atom stereocenters. The van der Waals surface area contributed by atoms with Crippen LogP contribution < -0.4 is 5.32 Å². The zero-order chi connectivity index (χ0) is 9.97. The van der Waals surface area contributed by atoms with E-state index in [0.29, 0.717) is 5.95 Å². The van der Waals surface area contributed by atoms with E-state index < -0.39 is 0 Å². The first-order chi connectivity index (χ1) is 6.74. The van der Waals surface area contributed by atoms with Gasteiger partial charge < -0.3 is 5.32 Å². The normalized spacial score (nSPS) is 10.1. The van der Waals surface area contributed by atoms with E-state index in [9.17, 15) is 0 Å². The van der Waals surface area contributed by atoms with Crippen molar-refractivity contribution in [3.05, 3.63) is 24.0 Å². The summed E-state index contributed by atoms with van der Waals surface area (Å²) < 4.78 is 1.67. The molecule has 0 spiro atoms. The summed E-state index contributed by atoms with van der Waals surface area (Å²) >= 11 is 5.59. The van der Waals surface area contributed by atoms with E-state index in [2.05, 4.69) is 25.4 Å². The van der Waals surface area contributed by atoms with Gasteiger partial charge in [0, 0.05) is 13.2 Å². The van der Waals surface area contributed by atoms with Gasteiger partial charge in [-0.1, -0.05) is 0 Å². The van der Waals surface area contributed by atoms with Gasteiger partial charge in [-0.2, -0.15) is 10.1 Å². The van der Waals surface area contributed by atoms with Crippen molar-refractivity contribution in [1.82, 2.24) is 24.7 Å². The molecule has 6 nitrogen and oxygen atoms in total. The second-order valence-corrected chi connectivity index (χ2v) is 2.94. The van der Waals surface area contributed by atoms with E-state index in [4.69, 9.17) is 11.6 Å².